The first-order valence-corrected chi connectivity index (χ1v) is 8.21. The first-order valence-electron chi connectivity index (χ1n) is 6.66. The third-order valence-corrected chi connectivity index (χ3v) is 4.37. The summed E-state index contributed by atoms with van der Waals surface area (Å²) in [6.07, 6.45) is 2.69. The number of carbonyl (C=O) groups is 1. The van der Waals surface area contributed by atoms with Crippen LogP contribution < -0.4 is 5.14 Å². The van der Waals surface area contributed by atoms with E-state index in [9.17, 15) is 17.6 Å². The number of aryl methyl sites for hydroxylation is 2. The summed E-state index contributed by atoms with van der Waals surface area (Å²) in [6.45, 7) is 3.50. The van der Waals surface area contributed by atoms with Crippen LogP contribution >= 0.6 is 0 Å². The quantitative estimate of drug-likeness (QED) is 0.679. The molecular formula is C15H16FN3O3S. The lowest BCUT2D eigenvalue weighted by Crippen LogP contribution is -2.14. The molecule has 0 unspecified atom stereocenters. The van der Waals surface area contributed by atoms with Crippen molar-refractivity contribution in [3.8, 4) is 0 Å². The van der Waals surface area contributed by atoms with Gasteiger partial charge in [0.2, 0.25) is 10.0 Å². The molecule has 0 atom stereocenters. The smallest absolute Gasteiger partial charge is 0.240 e. The van der Waals surface area contributed by atoms with Gasteiger partial charge in [0.05, 0.1) is 11.3 Å². The molecular weight excluding hydrogens is 321 g/mol. The van der Waals surface area contributed by atoms with E-state index >= 15 is 0 Å². The molecule has 0 saturated heterocycles. The van der Waals surface area contributed by atoms with Gasteiger partial charge >= 0.3 is 0 Å². The number of sulfonamides is 1. The molecule has 1 aromatic carbocycles. The van der Waals surface area contributed by atoms with Gasteiger partial charge in [-0.25, -0.2) is 17.9 Å². The van der Waals surface area contributed by atoms with E-state index in [4.69, 9.17) is 5.14 Å². The van der Waals surface area contributed by atoms with E-state index in [1.807, 2.05) is 0 Å². The summed E-state index contributed by atoms with van der Waals surface area (Å²) in [6, 6.07) is 3.43. The number of hydrogen-bond acceptors (Lipinski definition) is 4. The molecule has 0 aliphatic rings. The first-order chi connectivity index (χ1) is 10.6. The van der Waals surface area contributed by atoms with Crippen LogP contribution in [0.5, 0.6) is 0 Å². The number of halogens is 1. The molecule has 2 N–H and O–H groups in total. The molecule has 8 heteroatoms. The molecule has 0 amide bonds. The summed E-state index contributed by atoms with van der Waals surface area (Å²) < 4.78 is 37.7. The van der Waals surface area contributed by atoms with Gasteiger partial charge in [0.1, 0.15) is 10.7 Å². The highest BCUT2D eigenvalue weighted by atomic mass is 32.2. The van der Waals surface area contributed by atoms with Gasteiger partial charge in [-0.1, -0.05) is 12.1 Å². The number of nitrogens with two attached hydrogens (primary N) is 1. The minimum atomic E-state index is -4.16. The van der Waals surface area contributed by atoms with E-state index in [2.05, 4.69) is 5.10 Å². The lowest BCUT2D eigenvalue weighted by Gasteiger charge is -2.02. The lowest BCUT2D eigenvalue weighted by molar-refractivity contribution is 0.104. The van der Waals surface area contributed by atoms with Crippen LogP contribution in [-0.4, -0.2) is 24.0 Å². The second-order valence-corrected chi connectivity index (χ2v) is 6.63. The zero-order valence-corrected chi connectivity index (χ0v) is 13.7. The molecule has 0 aliphatic heterocycles. The van der Waals surface area contributed by atoms with Crippen molar-refractivity contribution in [2.45, 2.75) is 18.7 Å². The van der Waals surface area contributed by atoms with Gasteiger partial charge in [0.25, 0.3) is 0 Å². The Bertz CT molecular complexity index is 914. The molecule has 0 radical (unpaired) electrons. The molecule has 1 heterocycles. The predicted octanol–water partition coefficient (Wildman–Crippen LogP) is 1.72. The third kappa shape index (κ3) is 3.54. The topological polar surface area (TPSA) is 95.0 Å². The fourth-order valence-corrected chi connectivity index (χ4v) is 2.87. The van der Waals surface area contributed by atoms with Crippen LogP contribution in [0.1, 0.15) is 27.3 Å². The number of carbonyl (C=O) groups excluding carboxylic acids is 1. The number of benzene rings is 1. The number of rotatable bonds is 4. The molecule has 0 aliphatic carbocycles. The molecule has 0 saturated carbocycles. The van der Waals surface area contributed by atoms with Gasteiger partial charge in [0.15, 0.2) is 5.78 Å². The number of allylic oxidation sites excluding steroid dienone is 1. The third-order valence-electron chi connectivity index (χ3n) is 3.44. The Labute approximate surface area is 133 Å². The Balaban J connectivity index is 2.36. The molecule has 0 fully saturated rings. The van der Waals surface area contributed by atoms with Crippen molar-refractivity contribution in [3.63, 3.8) is 0 Å². The van der Waals surface area contributed by atoms with Crippen molar-refractivity contribution < 1.29 is 17.6 Å². The number of primary sulfonamides is 1. The normalized spacial score (nSPS) is 12.0. The average Bonchev–Trinajstić information content (AvgIpc) is 2.69. The fourth-order valence-electron chi connectivity index (χ4n) is 2.23. The van der Waals surface area contributed by atoms with Crippen LogP contribution in [0.25, 0.3) is 6.08 Å². The standard InChI is InChI=1S/C15H16FN3O3S/c1-9-15(10(2)19(3)18-9)13(20)7-5-11-4-6-12(16)14(8-11)23(17,21)22/h4-8H,1-3H3,(H2,17,21,22)/b7-5+. The lowest BCUT2D eigenvalue weighted by atomic mass is 10.1. The van der Waals surface area contributed by atoms with E-state index in [0.717, 1.165) is 17.8 Å². The highest BCUT2D eigenvalue weighted by Crippen LogP contribution is 2.17. The molecule has 6 nitrogen and oxygen atoms in total. The summed E-state index contributed by atoms with van der Waals surface area (Å²) >= 11 is 0. The van der Waals surface area contributed by atoms with Crippen LogP contribution in [-0.2, 0) is 17.1 Å². The maximum Gasteiger partial charge on any atom is 0.240 e. The van der Waals surface area contributed by atoms with E-state index in [1.165, 1.54) is 18.2 Å². The summed E-state index contributed by atoms with van der Waals surface area (Å²) in [5, 5.41) is 9.11. The Morgan fingerprint density at radius 2 is 2.00 bits per heavy atom. The summed E-state index contributed by atoms with van der Waals surface area (Å²) in [5.74, 6) is -1.20. The summed E-state index contributed by atoms with van der Waals surface area (Å²) in [5.41, 5.74) is 2.16. The average molecular weight is 337 g/mol. The number of hydrogen-bond donors (Lipinski definition) is 1. The minimum Gasteiger partial charge on any atom is -0.289 e. The van der Waals surface area contributed by atoms with Crippen molar-refractivity contribution in [2.75, 3.05) is 0 Å². The van der Waals surface area contributed by atoms with Crippen molar-refractivity contribution in [1.82, 2.24) is 9.78 Å². The van der Waals surface area contributed by atoms with Crippen LogP contribution in [0.4, 0.5) is 4.39 Å². The maximum absolute atomic E-state index is 13.5. The van der Waals surface area contributed by atoms with E-state index < -0.39 is 20.7 Å². The Morgan fingerprint density at radius 1 is 1.35 bits per heavy atom. The second-order valence-electron chi connectivity index (χ2n) is 5.10. The van der Waals surface area contributed by atoms with Crippen molar-refractivity contribution in [3.05, 3.63) is 52.6 Å². The van der Waals surface area contributed by atoms with E-state index in [1.54, 1.807) is 25.6 Å². The van der Waals surface area contributed by atoms with Crippen LogP contribution in [0.15, 0.2) is 29.2 Å². The van der Waals surface area contributed by atoms with Gasteiger partial charge in [-0.15, -0.1) is 0 Å². The zero-order chi connectivity index (χ0) is 17.4. The SMILES string of the molecule is Cc1nn(C)c(C)c1C(=O)/C=C/c1ccc(F)c(S(N)(=O)=O)c1. The maximum atomic E-state index is 13.5. The Hall–Kier alpha value is -2.32. The van der Waals surface area contributed by atoms with Gasteiger partial charge in [-0.05, 0) is 37.6 Å². The van der Waals surface area contributed by atoms with E-state index in [0.29, 0.717) is 16.8 Å². The van der Waals surface area contributed by atoms with Gasteiger partial charge < -0.3 is 0 Å². The van der Waals surface area contributed by atoms with Crippen LogP contribution in [0.3, 0.4) is 0 Å². The summed E-state index contributed by atoms with van der Waals surface area (Å²) in [4.78, 5) is 11.7. The monoisotopic (exact) mass is 337 g/mol. The molecule has 2 aromatic rings. The predicted molar refractivity (Wildman–Crippen MR) is 83.8 cm³/mol. The number of ketones is 1. The fraction of sp³-hybridized carbons (Fsp3) is 0.200. The largest absolute Gasteiger partial charge is 0.289 e. The zero-order valence-electron chi connectivity index (χ0n) is 12.9. The molecule has 2 rings (SSSR count). The van der Waals surface area contributed by atoms with Gasteiger partial charge in [-0.3, -0.25) is 9.48 Å². The molecule has 1 aromatic heterocycles. The highest BCUT2D eigenvalue weighted by molar-refractivity contribution is 7.89. The van der Waals surface area contributed by atoms with Crippen molar-refractivity contribution >= 4 is 21.9 Å². The first kappa shape index (κ1) is 17.0. The Kier molecular flexibility index (Phi) is 4.49. The van der Waals surface area contributed by atoms with Gasteiger partial charge in [0, 0.05) is 12.7 Å². The van der Waals surface area contributed by atoms with Crippen molar-refractivity contribution in [2.24, 2.45) is 12.2 Å². The molecule has 122 valence electrons. The highest BCUT2D eigenvalue weighted by Gasteiger charge is 2.16. The molecule has 23 heavy (non-hydrogen) atoms. The van der Waals surface area contributed by atoms with Gasteiger partial charge in [-0.2, -0.15) is 5.10 Å². The van der Waals surface area contributed by atoms with Crippen LogP contribution in [0.2, 0.25) is 0 Å². The second kappa shape index (κ2) is 6.05. The minimum absolute atomic E-state index is 0.269. The van der Waals surface area contributed by atoms with Crippen LogP contribution in [0, 0.1) is 19.7 Å². The summed E-state index contributed by atoms with van der Waals surface area (Å²) in [7, 11) is -2.43. The van der Waals surface area contributed by atoms with E-state index in [-0.39, 0.29) is 5.78 Å². The van der Waals surface area contributed by atoms with Crippen molar-refractivity contribution in [1.29, 1.82) is 0 Å². The number of nitrogens with zero attached hydrogens (tertiary/aromatic N) is 2. The Morgan fingerprint density at radius 3 is 2.52 bits per heavy atom. The number of aromatic nitrogens is 2. The molecule has 0 bridgehead atoms. The molecule has 0 spiro atoms.